The highest BCUT2D eigenvalue weighted by Crippen LogP contribution is 2.42. The summed E-state index contributed by atoms with van der Waals surface area (Å²) >= 11 is 0. The van der Waals surface area contributed by atoms with Gasteiger partial charge in [-0.3, -0.25) is 14.2 Å². The number of rotatable bonds is 7. The van der Waals surface area contributed by atoms with Crippen molar-refractivity contribution < 1.29 is 46.5 Å². The maximum atomic E-state index is 15.3. The fourth-order valence-corrected chi connectivity index (χ4v) is 5.39. The number of fused-ring (bicyclic) bond motifs is 1. The summed E-state index contributed by atoms with van der Waals surface area (Å²) in [4.78, 5) is 43.6. The van der Waals surface area contributed by atoms with E-state index in [4.69, 9.17) is 14.2 Å². The lowest BCUT2D eigenvalue weighted by Crippen LogP contribution is -2.53. The van der Waals surface area contributed by atoms with Crippen LogP contribution in [0.2, 0.25) is 0 Å². The van der Waals surface area contributed by atoms with Gasteiger partial charge in [-0.25, -0.2) is 14.2 Å². The van der Waals surface area contributed by atoms with E-state index in [1.165, 1.54) is 23.8 Å². The molecule has 45 heavy (non-hydrogen) atoms. The highest BCUT2D eigenvalue weighted by molar-refractivity contribution is 5.98. The van der Waals surface area contributed by atoms with Crippen LogP contribution in [-0.2, 0) is 23.0 Å². The largest absolute Gasteiger partial charge is 0.486 e. The molecule has 0 aliphatic carbocycles. The third-order valence-electron chi connectivity index (χ3n) is 7.83. The van der Waals surface area contributed by atoms with Crippen molar-refractivity contribution >= 4 is 17.6 Å². The van der Waals surface area contributed by atoms with Crippen LogP contribution in [0.15, 0.2) is 35.3 Å². The predicted molar refractivity (Wildman–Crippen MR) is 152 cm³/mol. The van der Waals surface area contributed by atoms with Gasteiger partial charge in [0.2, 0.25) is 0 Å². The van der Waals surface area contributed by atoms with Gasteiger partial charge in [-0.1, -0.05) is 6.07 Å². The quantitative estimate of drug-likeness (QED) is 0.376. The van der Waals surface area contributed by atoms with Gasteiger partial charge in [-0.2, -0.15) is 13.2 Å². The number of aliphatic carboxylic acids is 1. The summed E-state index contributed by atoms with van der Waals surface area (Å²) in [5.74, 6) is -2.68. The van der Waals surface area contributed by atoms with E-state index in [1.54, 1.807) is 26.1 Å². The molecule has 0 spiro atoms. The minimum atomic E-state index is -4.63. The topological polar surface area (TPSA) is 132 Å². The van der Waals surface area contributed by atoms with E-state index in [2.05, 4.69) is 10.3 Å². The zero-order valence-electron chi connectivity index (χ0n) is 24.5. The van der Waals surface area contributed by atoms with Gasteiger partial charge in [-0.15, -0.1) is 0 Å². The van der Waals surface area contributed by atoms with Gasteiger partial charge in [-0.05, 0) is 37.6 Å². The molecule has 2 aromatic carbocycles. The summed E-state index contributed by atoms with van der Waals surface area (Å²) in [5.41, 5.74) is 0.0943. The number of aryl methyl sites for hydroxylation is 2. The van der Waals surface area contributed by atoms with Crippen molar-refractivity contribution in [3.63, 3.8) is 0 Å². The molecule has 1 saturated heterocycles. The first-order valence-electron chi connectivity index (χ1n) is 14.0. The van der Waals surface area contributed by atoms with E-state index in [-0.39, 0.29) is 66.7 Å². The molecule has 0 saturated carbocycles. The van der Waals surface area contributed by atoms with Crippen molar-refractivity contribution in [2.75, 3.05) is 37.9 Å². The van der Waals surface area contributed by atoms with E-state index >= 15 is 4.39 Å². The molecule has 2 N–H and O–H groups in total. The fraction of sp³-hybridized carbons (Fsp3) is 0.400. The Morgan fingerprint density at radius 1 is 1.11 bits per heavy atom. The molecule has 1 aromatic heterocycles. The second-order valence-electron chi connectivity index (χ2n) is 10.7. The number of carbonyl (C=O) groups excluding carboxylic acids is 1. The van der Waals surface area contributed by atoms with Crippen LogP contribution >= 0.6 is 0 Å². The monoisotopic (exact) mass is 634 g/mol. The SMILES string of the molecule is Cc1cc(N2CCOC[C@@H]2C(F)(F)F)cc(F)c1C(=O)N[C@@H](Cc1ccc(-c2cnc(C)n(C)c2=O)c2c1OCCO2)C(=O)O. The molecule has 3 aromatic rings. The highest BCUT2D eigenvalue weighted by Gasteiger charge is 2.45. The van der Waals surface area contributed by atoms with E-state index in [0.29, 0.717) is 17.0 Å². The Labute approximate surface area is 254 Å². The average molecular weight is 635 g/mol. The summed E-state index contributed by atoms with van der Waals surface area (Å²) in [7, 11) is 1.58. The third kappa shape index (κ3) is 6.30. The number of halogens is 4. The van der Waals surface area contributed by atoms with Crippen LogP contribution in [0.4, 0.5) is 23.2 Å². The fourth-order valence-electron chi connectivity index (χ4n) is 5.39. The number of carbonyl (C=O) groups is 2. The molecule has 2 atom stereocenters. The Bertz CT molecular complexity index is 1690. The Balaban J connectivity index is 1.42. The summed E-state index contributed by atoms with van der Waals surface area (Å²) in [6, 6.07) is 1.65. The smallest absolute Gasteiger partial charge is 0.411 e. The molecule has 11 nitrogen and oxygen atoms in total. The second kappa shape index (κ2) is 12.4. The van der Waals surface area contributed by atoms with Crippen molar-refractivity contribution in [1.82, 2.24) is 14.9 Å². The number of amides is 1. The van der Waals surface area contributed by atoms with Crippen LogP contribution in [-0.4, -0.2) is 77.8 Å². The molecule has 5 rings (SSSR count). The van der Waals surface area contributed by atoms with E-state index in [9.17, 15) is 32.7 Å². The molecule has 0 unspecified atom stereocenters. The predicted octanol–water partition coefficient (Wildman–Crippen LogP) is 3.17. The van der Waals surface area contributed by atoms with Crippen LogP contribution in [0.5, 0.6) is 11.5 Å². The first-order valence-corrected chi connectivity index (χ1v) is 14.0. The first-order chi connectivity index (χ1) is 21.3. The van der Waals surface area contributed by atoms with Gasteiger partial charge in [0.05, 0.1) is 24.3 Å². The van der Waals surface area contributed by atoms with Crippen LogP contribution in [0.1, 0.15) is 27.3 Å². The van der Waals surface area contributed by atoms with E-state index in [1.807, 2.05) is 0 Å². The number of hydrogen-bond donors (Lipinski definition) is 2. The lowest BCUT2D eigenvalue weighted by atomic mass is 9.98. The summed E-state index contributed by atoms with van der Waals surface area (Å²) in [6.07, 6.45) is -3.51. The molecule has 2 aliphatic rings. The molecule has 240 valence electrons. The maximum absolute atomic E-state index is 15.3. The number of nitrogens with one attached hydrogen (secondary N) is 1. The minimum absolute atomic E-state index is 0.00771. The van der Waals surface area contributed by atoms with E-state index in [0.717, 1.165) is 11.0 Å². The number of benzene rings is 2. The zero-order chi connectivity index (χ0) is 32.6. The Morgan fingerprint density at radius 2 is 1.82 bits per heavy atom. The van der Waals surface area contributed by atoms with Gasteiger partial charge < -0.3 is 29.5 Å². The highest BCUT2D eigenvalue weighted by atomic mass is 19.4. The van der Waals surface area contributed by atoms with Gasteiger partial charge in [0.1, 0.15) is 36.9 Å². The van der Waals surface area contributed by atoms with Crippen molar-refractivity contribution in [3.05, 3.63) is 69.1 Å². The molecule has 2 aliphatic heterocycles. The van der Waals surface area contributed by atoms with E-state index < -0.39 is 48.1 Å². The van der Waals surface area contributed by atoms with Crippen LogP contribution in [0.3, 0.4) is 0 Å². The van der Waals surface area contributed by atoms with Crippen LogP contribution < -0.4 is 25.2 Å². The number of aromatic nitrogens is 2. The zero-order valence-corrected chi connectivity index (χ0v) is 24.5. The molecule has 0 radical (unpaired) electrons. The molecular weight excluding hydrogens is 604 g/mol. The molecule has 1 fully saturated rings. The number of morpholine rings is 1. The van der Waals surface area contributed by atoms with Gasteiger partial charge in [0.15, 0.2) is 11.5 Å². The minimum Gasteiger partial charge on any atom is -0.486 e. The second-order valence-corrected chi connectivity index (χ2v) is 10.7. The third-order valence-corrected chi connectivity index (χ3v) is 7.83. The standard InChI is InChI=1S/C30H30F4N4O7/c1-15-10-18(38-6-7-43-14-23(38)30(32,33)34)12-21(31)24(15)27(39)36-22(29(41)42)11-17-4-5-19(26-25(17)44-8-9-45-26)20-13-35-16(2)37(3)28(20)40/h4-5,10,12-13,22-23H,6-9,11,14H2,1-3H3,(H,36,39)(H,41,42)/t22-,23+/m0/s1. The summed E-state index contributed by atoms with van der Waals surface area (Å²) < 4.78 is 74.0. The van der Waals surface area contributed by atoms with Gasteiger partial charge in [0, 0.05) is 43.0 Å². The number of anilines is 1. The van der Waals surface area contributed by atoms with Crippen molar-refractivity contribution in [1.29, 1.82) is 0 Å². The van der Waals surface area contributed by atoms with Crippen LogP contribution in [0, 0.1) is 19.7 Å². The summed E-state index contributed by atoms with van der Waals surface area (Å²) in [6.45, 7) is 2.60. The molecule has 1 amide bonds. The Kier molecular flexibility index (Phi) is 8.74. The number of nitrogens with zero attached hydrogens (tertiary/aromatic N) is 3. The lowest BCUT2D eigenvalue weighted by Gasteiger charge is -2.38. The Hall–Kier alpha value is -4.66. The maximum Gasteiger partial charge on any atom is 0.411 e. The number of hydrogen-bond acceptors (Lipinski definition) is 8. The normalized spacial score (nSPS) is 17.1. The number of ether oxygens (including phenoxy) is 3. The number of alkyl halides is 3. The van der Waals surface area contributed by atoms with Crippen molar-refractivity contribution in [2.45, 2.75) is 38.5 Å². The van der Waals surface area contributed by atoms with Gasteiger partial charge >= 0.3 is 12.1 Å². The Morgan fingerprint density at radius 3 is 2.49 bits per heavy atom. The molecular formula is C30H30F4N4O7. The summed E-state index contributed by atoms with van der Waals surface area (Å²) in [5, 5.41) is 12.3. The molecule has 3 heterocycles. The first kappa shape index (κ1) is 31.8. The average Bonchev–Trinajstić information content (AvgIpc) is 2.99. The lowest BCUT2D eigenvalue weighted by molar-refractivity contribution is -0.167. The van der Waals surface area contributed by atoms with Crippen LogP contribution in [0.25, 0.3) is 11.1 Å². The van der Waals surface area contributed by atoms with Crippen molar-refractivity contribution in [3.8, 4) is 22.6 Å². The van der Waals surface area contributed by atoms with Gasteiger partial charge in [0.25, 0.3) is 11.5 Å². The number of carboxylic acid groups (broad SMARTS) is 1. The molecule has 15 heteroatoms. The van der Waals surface area contributed by atoms with Crippen molar-refractivity contribution in [2.24, 2.45) is 7.05 Å². The number of carboxylic acids is 1. The molecule has 0 bridgehead atoms.